The van der Waals surface area contributed by atoms with Gasteiger partial charge >= 0.3 is 0 Å². The van der Waals surface area contributed by atoms with Crippen molar-refractivity contribution in [3.8, 4) is 0 Å². The molecule has 0 saturated carbocycles. The Balaban J connectivity index is 1.79. The van der Waals surface area contributed by atoms with Crippen molar-refractivity contribution in [2.45, 2.75) is 31.7 Å². The van der Waals surface area contributed by atoms with Crippen LogP contribution < -0.4 is 10.0 Å². The first-order valence-corrected chi connectivity index (χ1v) is 10.9. The van der Waals surface area contributed by atoms with Crippen LogP contribution in [0.25, 0.3) is 0 Å². The van der Waals surface area contributed by atoms with Crippen LogP contribution in [0, 0.1) is 19.7 Å². The molecule has 0 aliphatic carbocycles. The number of amides is 1. The van der Waals surface area contributed by atoms with E-state index < -0.39 is 21.7 Å². The van der Waals surface area contributed by atoms with Crippen LogP contribution in [0.2, 0.25) is 0 Å². The van der Waals surface area contributed by atoms with Crippen molar-refractivity contribution in [1.82, 2.24) is 5.32 Å². The van der Waals surface area contributed by atoms with Crippen molar-refractivity contribution < 1.29 is 17.6 Å². The van der Waals surface area contributed by atoms with Crippen LogP contribution in [0.4, 0.5) is 10.1 Å². The molecule has 3 aromatic carbocycles. The smallest absolute Gasteiger partial charge is 0.262 e. The first-order valence-electron chi connectivity index (χ1n) is 9.43. The Morgan fingerprint density at radius 2 is 1.67 bits per heavy atom. The summed E-state index contributed by atoms with van der Waals surface area (Å²) < 4.78 is 41.3. The molecular weight excluding hydrogens is 403 g/mol. The molecule has 0 unspecified atom stereocenters. The quantitative estimate of drug-likeness (QED) is 0.598. The number of sulfonamides is 1. The maximum Gasteiger partial charge on any atom is 0.262 e. The summed E-state index contributed by atoms with van der Waals surface area (Å²) >= 11 is 0. The van der Waals surface area contributed by atoms with Gasteiger partial charge in [0.25, 0.3) is 15.9 Å². The third kappa shape index (κ3) is 4.86. The van der Waals surface area contributed by atoms with Gasteiger partial charge in [-0.15, -0.1) is 0 Å². The topological polar surface area (TPSA) is 75.3 Å². The van der Waals surface area contributed by atoms with Gasteiger partial charge in [0.05, 0.1) is 16.6 Å². The lowest BCUT2D eigenvalue weighted by molar-refractivity contribution is 0.0939. The highest BCUT2D eigenvalue weighted by Gasteiger charge is 2.19. The van der Waals surface area contributed by atoms with Gasteiger partial charge in [0.15, 0.2) is 0 Å². The minimum absolute atomic E-state index is 0.128. The van der Waals surface area contributed by atoms with Crippen LogP contribution >= 0.6 is 0 Å². The number of para-hydroxylation sites is 1. The summed E-state index contributed by atoms with van der Waals surface area (Å²) in [6.07, 6.45) is 0. The zero-order valence-corrected chi connectivity index (χ0v) is 17.8. The largest absolute Gasteiger partial charge is 0.346 e. The van der Waals surface area contributed by atoms with Crippen molar-refractivity contribution in [2.24, 2.45) is 0 Å². The monoisotopic (exact) mass is 426 g/mol. The van der Waals surface area contributed by atoms with E-state index in [0.29, 0.717) is 0 Å². The molecule has 0 aromatic heterocycles. The van der Waals surface area contributed by atoms with Gasteiger partial charge in [0, 0.05) is 5.56 Å². The Bertz CT molecular complexity index is 1190. The molecule has 0 fully saturated rings. The average Bonchev–Trinajstić information content (AvgIpc) is 2.71. The average molecular weight is 427 g/mol. The van der Waals surface area contributed by atoms with E-state index in [4.69, 9.17) is 0 Å². The number of aryl methyl sites for hydroxylation is 2. The molecule has 30 heavy (non-hydrogen) atoms. The minimum Gasteiger partial charge on any atom is -0.346 e. The molecule has 7 heteroatoms. The highest BCUT2D eigenvalue weighted by atomic mass is 32.2. The first-order chi connectivity index (χ1) is 14.2. The van der Waals surface area contributed by atoms with Crippen LogP contribution in [-0.2, 0) is 10.0 Å². The molecule has 3 aromatic rings. The number of hydrogen-bond donors (Lipinski definition) is 2. The zero-order valence-electron chi connectivity index (χ0n) is 16.9. The second-order valence-electron chi connectivity index (χ2n) is 7.15. The number of benzene rings is 3. The van der Waals surface area contributed by atoms with Crippen LogP contribution in [0.15, 0.2) is 71.6 Å². The van der Waals surface area contributed by atoms with E-state index in [0.717, 1.165) is 22.8 Å². The fourth-order valence-corrected chi connectivity index (χ4v) is 4.06. The van der Waals surface area contributed by atoms with Gasteiger partial charge in [-0.2, -0.15) is 0 Å². The Labute approximate surface area is 176 Å². The molecule has 1 atom stereocenters. The second-order valence-corrected chi connectivity index (χ2v) is 8.83. The molecule has 0 saturated heterocycles. The molecule has 0 aliphatic rings. The third-order valence-electron chi connectivity index (χ3n) is 4.90. The number of carbonyl (C=O) groups excluding carboxylic acids is 1. The van der Waals surface area contributed by atoms with Gasteiger partial charge in [0.1, 0.15) is 5.82 Å². The molecule has 0 bridgehead atoms. The van der Waals surface area contributed by atoms with Gasteiger partial charge in [-0.3, -0.25) is 9.52 Å². The van der Waals surface area contributed by atoms with Gasteiger partial charge in [-0.1, -0.05) is 36.4 Å². The number of carbonyl (C=O) groups is 1. The van der Waals surface area contributed by atoms with Crippen molar-refractivity contribution in [3.05, 3.63) is 94.8 Å². The van der Waals surface area contributed by atoms with Gasteiger partial charge in [-0.05, 0) is 67.8 Å². The summed E-state index contributed by atoms with van der Waals surface area (Å²) in [5.74, 6) is -1.08. The van der Waals surface area contributed by atoms with Crippen LogP contribution in [0.5, 0.6) is 0 Å². The summed E-state index contributed by atoms with van der Waals surface area (Å²) in [5, 5.41) is 2.88. The summed E-state index contributed by atoms with van der Waals surface area (Å²) in [4.78, 5) is 12.6. The van der Waals surface area contributed by atoms with Crippen molar-refractivity contribution in [3.63, 3.8) is 0 Å². The number of nitrogens with one attached hydrogen (secondary N) is 2. The molecule has 0 heterocycles. The number of anilines is 1. The summed E-state index contributed by atoms with van der Waals surface area (Å²) in [6, 6.07) is 16.8. The Morgan fingerprint density at radius 1 is 0.933 bits per heavy atom. The SMILES string of the molecule is Cc1ccc([C@H](C)NC(=O)c2cccc(S(=O)(=O)Nc3ccccc3F)c2)cc1C. The van der Waals surface area contributed by atoms with E-state index in [1.165, 1.54) is 42.5 Å². The van der Waals surface area contributed by atoms with Gasteiger partial charge in [0.2, 0.25) is 0 Å². The Hall–Kier alpha value is -3.19. The minimum atomic E-state index is -4.05. The number of halogens is 1. The van der Waals surface area contributed by atoms with E-state index in [1.807, 2.05) is 39.0 Å². The van der Waals surface area contributed by atoms with Crippen LogP contribution in [0.3, 0.4) is 0 Å². The van der Waals surface area contributed by atoms with Gasteiger partial charge in [-0.25, -0.2) is 12.8 Å². The van der Waals surface area contributed by atoms with Crippen molar-refractivity contribution >= 4 is 21.6 Å². The summed E-state index contributed by atoms with van der Waals surface area (Å²) in [7, 11) is -4.05. The maximum atomic E-state index is 13.8. The predicted octanol–water partition coefficient (Wildman–Crippen LogP) is 4.73. The molecule has 0 aliphatic heterocycles. The second kappa shape index (κ2) is 8.67. The van der Waals surface area contributed by atoms with Crippen LogP contribution in [-0.4, -0.2) is 14.3 Å². The standard InChI is InChI=1S/C23H23FN2O3S/c1-15-11-12-18(13-16(15)2)17(3)25-23(27)19-7-6-8-20(14-19)30(28,29)26-22-10-5-4-9-21(22)24/h4-14,17,26H,1-3H3,(H,25,27)/t17-/m0/s1. The maximum absolute atomic E-state index is 13.8. The molecule has 156 valence electrons. The van der Waals surface area contributed by atoms with Gasteiger partial charge < -0.3 is 5.32 Å². The zero-order chi connectivity index (χ0) is 21.9. The lowest BCUT2D eigenvalue weighted by Crippen LogP contribution is -2.27. The molecule has 0 spiro atoms. The van der Waals surface area contributed by atoms with E-state index in [2.05, 4.69) is 10.0 Å². The lowest BCUT2D eigenvalue weighted by atomic mass is 10.0. The normalized spacial score (nSPS) is 12.3. The third-order valence-corrected chi connectivity index (χ3v) is 6.27. The molecule has 3 rings (SSSR count). The molecule has 5 nitrogen and oxygen atoms in total. The first kappa shape index (κ1) is 21.5. The van der Waals surface area contributed by atoms with E-state index >= 15 is 0 Å². The lowest BCUT2D eigenvalue weighted by Gasteiger charge is -2.16. The highest BCUT2D eigenvalue weighted by Crippen LogP contribution is 2.21. The Morgan fingerprint density at radius 3 is 2.37 bits per heavy atom. The molecule has 2 N–H and O–H groups in total. The van der Waals surface area contributed by atoms with E-state index in [9.17, 15) is 17.6 Å². The fourth-order valence-electron chi connectivity index (χ4n) is 2.95. The van der Waals surface area contributed by atoms with E-state index in [-0.39, 0.29) is 22.2 Å². The highest BCUT2D eigenvalue weighted by molar-refractivity contribution is 7.92. The predicted molar refractivity (Wildman–Crippen MR) is 115 cm³/mol. The van der Waals surface area contributed by atoms with Crippen LogP contribution in [0.1, 0.15) is 40.0 Å². The Kier molecular flexibility index (Phi) is 6.22. The van der Waals surface area contributed by atoms with Crippen molar-refractivity contribution in [2.75, 3.05) is 4.72 Å². The number of rotatable bonds is 6. The summed E-state index contributed by atoms with van der Waals surface area (Å²) in [5.41, 5.74) is 3.28. The summed E-state index contributed by atoms with van der Waals surface area (Å²) in [6.45, 7) is 5.89. The van der Waals surface area contributed by atoms with Crippen molar-refractivity contribution in [1.29, 1.82) is 0 Å². The molecule has 0 radical (unpaired) electrons. The molecular formula is C23H23FN2O3S. The fraction of sp³-hybridized carbons (Fsp3) is 0.174. The molecule has 1 amide bonds. The van der Waals surface area contributed by atoms with E-state index in [1.54, 1.807) is 0 Å². The number of hydrogen-bond acceptors (Lipinski definition) is 3.